The third-order valence-electron chi connectivity index (χ3n) is 4.07. The molecule has 2 N–H and O–H groups in total. The normalized spacial score (nSPS) is 12.1. The molecule has 0 saturated carbocycles. The highest BCUT2D eigenvalue weighted by atomic mass is 32.2. The number of benzene rings is 2. The molecule has 2 aromatic carbocycles. The number of carboxylic acids is 1. The number of rotatable bonds is 6. The Morgan fingerprint density at radius 1 is 1.03 bits per heavy atom. The van der Waals surface area contributed by atoms with E-state index in [1.54, 1.807) is 48.5 Å². The number of carbonyl (C=O) groups is 1. The Labute approximate surface area is 164 Å². The lowest BCUT2D eigenvalue weighted by molar-refractivity contribution is -0.129. The van der Waals surface area contributed by atoms with Crippen LogP contribution in [0.15, 0.2) is 54.6 Å². The van der Waals surface area contributed by atoms with Gasteiger partial charge in [-0.15, -0.1) is 0 Å². The first kappa shape index (κ1) is 20.6. The summed E-state index contributed by atoms with van der Waals surface area (Å²) in [6, 6.07) is 14.4. The predicted molar refractivity (Wildman–Crippen MR) is 102 cm³/mol. The van der Waals surface area contributed by atoms with E-state index < -0.39 is 34.3 Å². The number of alkyl halides is 3. The second-order valence-electron chi connectivity index (χ2n) is 6.18. The van der Waals surface area contributed by atoms with E-state index in [-0.39, 0.29) is 22.3 Å². The van der Waals surface area contributed by atoms with Crippen LogP contribution in [-0.4, -0.2) is 36.4 Å². The number of pyridine rings is 1. The number of carboxylic acid groups (broad SMARTS) is 1. The van der Waals surface area contributed by atoms with Gasteiger partial charge < -0.3 is 5.11 Å². The van der Waals surface area contributed by atoms with Crippen LogP contribution in [-0.2, 0) is 10.0 Å². The molecule has 3 aromatic rings. The van der Waals surface area contributed by atoms with E-state index in [2.05, 4.69) is 4.98 Å². The molecule has 0 atom stereocenters. The maximum Gasteiger partial charge on any atom is 0.390 e. The van der Waals surface area contributed by atoms with Gasteiger partial charge in [0.2, 0.25) is 10.0 Å². The third-order valence-corrected chi connectivity index (χ3v) is 5.32. The van der Waals surface area contributed by atoms with Crippen molar-refractivity contribution >= 4 is 32.6 Å². The topological polar surface area (TPSA) is 96.4 Å². The molecule has 0 aliphatic rings. The number of halogens is 3. The minimum atomic E-state index is -4.67. The van der Waals surface area contributed by atoms with Crippen molar-refractivity contribution in [3.63, 3.8) is 0 Å². The Morgan fingerprint density at radius 3 is 2.28 bits per heavy atom. The number of nitrogens with zero attached hydrogens (tertiary/aromatic N) is 1. The fourth-order valence-corrected chi connectivity index (χ4v) is 3.91. The van der Waals surface area contributed by atoms with Gasteiger partial charge in [0.25, 0.3) is 0 Å². The first-order valence-electron chi connectivity index (χ1n) is 8.36. The van der Waals surface area contributed by atoms with E-state index >= 15 is 0 Å². The van der Waals surface area contributed by atoms with Crippen LogP contribution in [0.1, 0.15) is 16.8 Å². The van der Waals surface area contributed by atoms with Gasteiger partial charge in [-0.05, 0) is 6.07 Å². The predicted octanol–water partition coefficient (Wildman–Crippen LogP) is 4.29. The Hall–Kier alpha value is -3.14. The summed E-state index contributed by atoms with van der Waals surface area (Å²) in [6.07, 6.45) is -6.24. The first-order chi connectivity index (χ1) is 13.6. The second-order valence-corrected chi connectivity index (χ2v) is 8.03. The molecular formula is C19H15F3N2O4S. The van der Waals surface area contributed by atoms with Gasteiger partial charge in [-0.3, -0.25) is 4.72 Å². The molecule has 1 aromatic heterocycles. The highest BCUT2D eigenvalue weighted by Gasteiger charge is 2.31. The first-order valence-corrected chi connectivity index (χ1v) is 10.0. The molecule has 0 unspecified atom stereocenters. The molecular weight excluding hydrogens is 409 g/mol. The van der Waals surface area contributed by atoms with Crippen LogP contribution in [0.25, 0.3) is 22.2 Å². The van der Waals surface area contributed by atoms with Crippen molar-refractivity contribution in [2.24, 2.45) is 0 Å². The number of fused-ring (bicyclic) bond motifs is 1. The maximum absolute atomic E-state index is 12.5. The van der Waals surface area contributed by atoms with E-state index in [0.717, 1.165) is 0 Å². The van der Waals surface area contributed by atoms with E-state index in [1.165, 1.54) is 6.07 Å². The van der Waals surface area contributed by atoms with Gasteiger partial charge in [-0.25, -0.2) is 18.2 Å². The zero-order chi connectivity index (χ0) is 21.2. The number of aromatic nitrogens is 1. The van der Waals surface area contributed by atoms with Crippen molar-refractivity contribution in [3.8, 4) is 11.3 Å². The molecule has 1 heterocycles. The lowest BCUT2D eigenvalue weighted by atomic mass is 10.0. The number of aromatic carboxylic acids is 1. The van der Waals surface area contributed by atoms with Gasteiger partial charge in [-0.1, -0.05) is 48.5 Å². The molecule has 0 bridgehead atoms. The molecule has 0 aliphatic heterocycles. The van der Waals surface area contributed by atoms with Gasteiger partial charge in [0.15, 0.2) is 0 Å². The zero-order valence-electron chi connectivity index (χ0n) is 14.8. The number of anilines is 1. The van der Waals surface area contributed by atoms with Crippen molar-refractivity contribution in [2.75, 3.05) is 10.5 Å². The van der Waals surface area contributed by atoms with E-state index in [9.17, 15) is 31.5 Å². The zero-order valence-corrected chi connectivity index (χ0v) is 15.6. The molecule has 6 nitrogen and oxygen atoms in total. The summed E-state index contributed by atoms with van der Waals surface area (Å²) in [5.74, 6) is -2.68. The molecule has 10 heteroatoms. The van der Waals surface area contributed by atoms with Crippen molar-refractivity contribution < 1.29 is 31.5 Å². The van der Waals surface area contributed by atoms with Gasteiger partial charge in [0.05, 0.1) is 34.6 Å². The fourth-order valence-electron chi connectivity index (χ4n) is 2.80. The number of sulfonamides is 1. The molecule has 0 saturated heterocycles. The number of nitrogens with one attached hydrogen (secondary N) is 1. The molecule has 0 fully saturated rings. The quantitative estimate of drug-likeness (QED) is 0.615. The SMILES string of the molecule is O=C(O)c1c(NS(=O)(=O)CCC(F)(F)F)c(-c2ccccc2)nc2ccccc12. The van der Waals surface area contributed by atoms with Crippen LogP contribution in [0.2, 0.25) is 0 Å². The maximum atomic E-state index is 12.5. The number of hydrogen-bond donors (Lipinski definition) is 2. The van der Waals surface area contributed by atoms with Gasteiger partial charge in [0, 0.05) is 10.9 Å². The molecule has 152 valence electrons. The van der Waals surface area contributed by atoms with Crippen LogP contribution in [0.5, 0.6) is 0 Å². The van der Waals surface area contributed by atoms with Gasteiger partial charge in [-0.2, -0.15) is 13.2 Å². The van der Waals surface area contributed by atoms with Gasteiger partial charge in [0.1, 0.15) is 0 Å². The fraction of sp³-hybridized carbons (Fsp3) is 0.158. The average Bonchev–Trinajstić information content (AvgIpc) is 2.65. The Kier molecular flexibility index (Phi) is 5.47. The third kappa shape index (κ3) is 4.83. The molecule has 0 amide bonds. The molecule has 3 rings (SSSR count). The Balaban J connectivity index is 2.23. The summed E-state index contributed by atoms with van der Waals surface area (Å²) in [5.41, 5.74) is -0.0249. The summed E-state index contributed by atoms with van der Waals surface area (Å²) in [7, 11) is -4.50. The smallest absolute Gasteiger partial charge is 0.390 e. The van der Waals surface area contributed by atoms with Crippen molar-refractivity contribution in [2.45, 2.75) is 12.6 Å². The minimum Gasteiger partial charge on any atom is -0.478 e. The molecule has 29 heavy (non-hydrogen) atoms. The van der Waals surface area contributed by atoms with Crippen LogP contribution in [0, 0.1) is 0 Å². The van der Waals surface area contributed by atoms with Gasteiger partial charge >= 0.3 is 12.1 Å². The average molecular weight is 424 g/mol. The van der Waals surface area contributed by atoms with Crippen molar-refractivity contribution in [3.05, 3.63) is 60.2 Å². The standard InChI is InChI=1S/C19H15F3N2O4S/c20-19(21,22)10-11-29(27,28)24-17-15(18(25)26)13-8-4-5-9-14(13)23-16(17)12-6-2-1-3-7-12/h1-9,24H,10-11H2,(H,25,26). The summed E-state index contributed by atoms with van der Waals surface area (Å²) in [6.45, 7) is 0. The lowest BCUT2D eigenvalue weighted by Gasteiger charge is -2.17. The summed E-state index contributed by atoms with van der Waals surface area (Å²) in [5, 5.41) is 9.91. The van der Waals surface area contributed by atoms with Crippen molar-refractivity contribution in [1.82, 2.24) is 4.98 Å². The second kappa shape index (κ2) is 7.70. The lowest BCUT2D eigenvalue weighted by Crippen LogP contribution is -2.23. The van der Waals surface area contributed by atoms with Crippen LogP contribution in [0.3, 0.4) is 0 Å². The van der Waals surface area contributed by atoms with E-state index in [4.69, 9.17) is 0 Å². The van der Waals surface area contributed by atoms with Crippen LogP contribution >= 0.6 is 0 Å². The number of para-hydroxylation sites is 1. The largest absolute Gasteiger partial charge is 0.478 e. The molecule has 0 spiro atoms. The van der Waals surface area contributed by atoms with E-state index in [1.807, 2.05) is 4.72 Å². The highest BCUT2D eigenvalue weighted by molar-refractivity contribution is 7.92. The summed E-state index contributed by atoms with van der Waals surface area (Å²) in [4.78, 5) is 16.3. The van der Waals surface area contributed by atoms with E-state index in [0.29, 0.717) is 11.1 Å². The molecule has 0 radical (unpaired) electrons. The molecule has 0 aliphatic carbocycles. The van der Waals surface area contributed by atoms with Crippen molar-refractivity contribution in [1.29, 1.82) is 0 Å². The highest BCUT2D eigenvalue weighted by Crippen LogP contribution is 2.35. The number of hydrogen-bond acceptors (Lipinski definition) is 4. The Bertz CT molecular complexity index is 1160. The van der Waals surface area contributed by atoms with Crippen LogP contribution < -0.4 is 4.72 Å². The van der Waals surface area contributed by atoms with Crippen LogP contribution in [0.4, 0.5) is 18.9 Å². The minimum absolute atomic E-state index is 0.0114. The Morgan fingerprint density at radius 2 is 1.66 bits per heavy atom. The summed E-state index contributed by atoms with van der Waals surface area (Å²) >= 11 is 0. The monoisotopic (exact) mass is 424 g/mol. The summed E-state index contributed by atoms with van der Waals surface area (Å²) < 4.78 is 64.1.